The van der Waals surface area contributed by atoms with Crippen molar-refractivity contribution in [2.24, 2.45) is 5.73 Å². The van der Waals surface area contributed by atoms with Gasteiger partial charge in [0.25, 0.3) is 0 Å². The first-order valence-corrected chi connectivity index (χ1v) is 14.5. The number of carbonyl (C=O) groups is 1. The summed E-state index contributed by atoms with van der Waals surface area (Å²) in [7, 11) is 2.17. The lowest BCUT2D eigenvalue weighted by atomic mass is 10.0. The number of hydrogen-bond donors (Lipinski definition) is 1. The number of anilines is 1. The molecule has 0 spiro atoms. The van der Waals surface area contributed by atoms with Crippen molar-refractivity contribution in [1.29, 1.82) is 0 Å². The number of halogens is 1. The summed E-state index contributed by atoms with van der Waals surface area (Å²) in [6.45, 7) is 9.01. The first-order chi connectivity index (χ1) is 19.5. The van der Waals surface area contributed by atoms with Crippen molar-refractivity contribution < 1.29 is 14.3 Å². The minimum absolute atomic E-state index is 0.452. The van der Waals surface area contributed by atoms with Crippen LogP contribution in [-0.4, -0.2) is 93.4 Å². The molecule has 1 aliphatic carbocycles. The first-order valence-electron chi connectivity index (χ1n) is 14.1. The molecule has 2 aliphatic heterocycles. The fourth-order valence-electron chi connectivity index (χ4n) is 5.89. The summed E-state index contributed by atoms with van der Waals surface area (Å²) in [6, 6.07) is 13.9. The third-order valence-electron chi connectivity index (χ3n) is 8.18. The zero-order valence-electron chi connectivity index (χ0n) is 23.0. The highest BCUT2D eigenvalue weighted by Gasteiger charge is 2.27. The molecule has 1 aromatic heterocycles. The molecule has 8 nitrogen and oxygen atoms in total. The van der Waals surface area contributed by atoms with E-state index >= 15 is 0 Å². The fourth-order valence-corrected chi connectivity index (χ4v) is 6.13. The molecule has 1 amide bonds. The molecule has 0 saturated carbocycles. The summed E-state index contributed by atoms with van der Waals surface area (Å²) in [5.41, 5.74) is 12.9. The van der Waals surface area contributed by atoms with Crippen molar-refractivity contribution in [3.8, 4) is 28.3 Å². The number of likely N-dealkylation sites (N-methyl/N-ethyl adjacent to an activating group) is 1. The Morgan fingerprint density at radius 2 is 1.90 bits per heavy atom. The molecule has 6 rings (SSSR count). The number of amides is 1. The number of fused-ring (bicyclic) bond motifs is 3. The van der Waals surface area contributed by atoms with Crippen LogP contribution in [0.3, 0.4) is 0 Å². The minimum Gasteiger partial charge on any atom is -0.491 e. The van der Waals surface area contributed by atoms with Crippen LogP contribution < -0.4 is 15.4 Å². The van der Waals surface area contributed by atoms with Gasteiger partial charge in [-0.2, -0.15) is 0 Å². The average molecular weight is 562 g/mol. The van der Waals surface area contributed by atoms with Gasteiger partial charge in [0.15, 0.2) is 0 Å². The zero-order chi connectivity index (χ0) is 27.6. The molecule has 0 radical (unpaired) electrons. The van der Waals surface area contributed by atoms with Crippen molar-refractivity contribution >= 4 is 23.2 Å². The van der Waals surface area contributed by atoms with Crippen LogP contribution in [0.1, 0.15) is 27.9 Å². The van der Waals surface area contributed by atoms with Gasteiger partial charge >= 0.3 is 0 Å². The number of primary amides is 1. The molecule has 0 unspecified atom stereocenters. The SMILES string of the molecule is CN1CCCN(CCOc2ccc(-c3cc(C(N)=O)c4c(n3)-c3ccc(N5CCOCC5)cc3C4)cc2Cl)CC1. The standard InChI is InChI=1S/C31H36ClN5O3/c1-35-7-2-8-36(10-9-35)11-16-40-29-6-3-21(19-27(29)32)28-20-26(31(33)38)25-18-22-17-23(37-12-14-39-15-13-37)4-5-24(22)30(25)34-28/h3-6,17,19-20H,2,7-16,18H2,1H3,(H2,33,38). The van der Waals surface area contributed by atoms with E-state index in [2.05, 4.69) is 39.9 Å². The quantitative estimate of drug-likeness (QED) is 0.366. The molecule has 0 bridgehead atoms. The van der Waals surface area contributed by atoms with Gasteiger partial charge < -0.3 is 25.0 Å². The van der Waals surface area contributed by atoms with Gasteiger partial charge in [0, 0.05) is 61.5 Å². The second kappa shape index (κ2) is 11.7. The molecular formula is C31H36ClN5O3. The Kier molecular flexibility index (Phi) is 7.94. The smallest absolute Gasteiger partial charge is 0.249 e. The number of nitrogens with two attached hydrogens (primary N) is 1. The minimum atomic E-state index is -0.452. The van der Waals surface area contributed by atoms with Gasteiger partial charge in [0.2, 0.25) is 5.91 Å². The summed E-state index contributed by atoms with van der Waals surface area (Å²) in [5, 5.41) is 0.520. The lowest BCUT2D eigenvalue weighted by Crippen LogP contribution is -2.36. The fraction of sp³-hybridized carbons (Fsp3) is 0.419. The number of rotatable bonds is 7. The van der Waals surface area contributed by atoms with Crippen LogP contribution in [0.2, 0.25) is 5.02 Å². The van der Waals surface area contributed by atoms with Gasteiger partial charge in [-0.15, -0.1) is 0 Å². The van der Waals surface area contributed by atoms with Crippen LogP contribution in [-0.2, 0) is 11.2 Å². The first kappa shape index (κ1) is 27.0. The molecule has 2 N–H and O–H groups in total. The number of benzene rings is 2. The van der Waals surface area contributed by atoms with Crippen LogP contribution in [0.4, 0.5) is 5.69 Å². The summed E-state index contributed by atoms with van der Waals surface area (Å²) < 4.78 is 11.6. The number of hydrogen-bond acceptors (Lipinski definition) is 7. The highest BCUT2D eigenvalue weighted by molar-refractivity contribution is 6.32. The van der Waals surface area contributed by atoms with Gasteiger partial charge in [-0.3, -0.25) is 9.69 Å². The third kappa shape index (κ3) is 5.67. The van der Waals surface area contributed by atoms with Crippen molar-refractivity contribution in [3.05, 3.63) is 64.2 Å². The number of morpholine rings is 1. The van der Waals surface area contributed by atoms with Crippen LogP contribution in [0, 0.1) is 0 Å². The second-order valence-corrected chi connectivity index (χ2v) is 11.3. The molecular weight excluding hydrogens is 526 g/mol. The van der Waals surface area contributed by atoms with Gasteiger partial charge in [0.05, 0.1) is 29.6 Å². The van der Waals surface area contributed by atoms with E-state index in [0.29, 0.717) is 35.1 Å². The lowest BCUT2D eigenvalue weighted by molar-refractivity contribution is 0.0999. The van der Waals surface area contributed by atoms with Crippen molar-refractivity contribution in [2.45, 2.75) is 12.8 Å². The Labute approximate surface area is 240 Å². The van der Waals surface area contributed by atoms with Gasteiger partial charge in [-0.25, -0.2) is 4.98 Å². The largest absolute Gasteiger partial charge is 0.491 e. The van der Waals surface area contributed by atoms with E-state index in [0.717, 1.165) is 87.0 Å². The second-order valence-electron chi connectivity index (χ2n) is 10.9. The number of aromatic nitrogens is 1. The van der Waals surface area contributed by atoms with Crippen molar-refractivity contribution in [1.82, 2.24) is 14.8 Å². The maximum atomic E-state index is 12.5. The van der Waals surface area contributed by atoms with E-state index in [4.69, 9.17) is 31.8 Å². The number of pyridine rings is 1. The Bertz CT molecular complexity index is 1410. The maximum absolute atomic E-state index is 12.5. The molecule has 3 heterocycles. The van der Waals surface area contributed by atoms with Crippen LogP contribution in [0.5, 0.6) is 5.75 Å². The molecule has 2 saturated heterocycles. The van der Waals surface area contributed by atoms with Gasteiger partial charge in [-0.05, 0) is 74.1 Å². The van der Waals surface area contributed by atoms with E-state index in [1.807, 2.05) is 18.2 Å². The normalized spacial score (nSPS) is 17.8. The Balaban J connectivity index is 1.21. The third-order valence-corrected chi connectivity index (χ3v) is 8.48. The summed E-state index contributed by atoms with van der Waals surface area (Å²) in [5.74, 6) is 0.196. The van der Waals surface area contributed by atoms with Crippen LogP contribution >= 0.6 is 11.6 Å². The highest BCUT2D eigenvalue weighted by Crippen LogP contribution is 2.41. The summed E-state index contributed by atoms with van der Waals surface area (Å²) in [6.07, 6.45) is 1.81. The molecule has 3 aliphatic rings. The molecule has 210 valence electrons. The van der Waals surface area contributed by atoms with E-state index < -0.39 is 5.91 Å². The molecule has 3 aromatic rings. The Hall–Kier alpha value is -3.17. The monoisotopic (exact) mass is 561 g/mol. The lowest BCUT2D eigenvalue weighted by Gasteiger charge is -2.29. The van der Waals surface area contributed by atoms with Crippen LogP contribution in [0.25, 0.3) is 22.5 Å². The average Bonchev–Trinajstić information content (AvgIpc) is 3.20. The van der Waals surface area contributed by atoms with Crippen LogP contribution in [0.15, 0.2) is 42.5 Å². The van der Waals surface area contributed by atoms with Gasteiger partial charge in [0.1, 0.15) is 12.4 Å². The molecule has 2 aromatic carbocycles. The predicted octanol–water partition coefficient (Wildman–Crippen LogP) is 3.93. The Morgan fingerprint density at radius 3 is 2.70 bits per heavy atom. The summed E-state index contributed by atoms with van der Waals surface area (Å²) >= 11 is 6.66. The molecule has 0 atom stereocenters. The zero-order valence-corrected chi connectivity index (χ0v) is 23.8. The summed E-state index contributed by atoms with van der Waals surface area (Å²) in [4.78, 5) is 24.7. The number of carbonyl (C=O) groups excluding carboxylic acids is 1. The molecule has 9 heteroatoms. The van der Waals surface area contributed by atoms with E-state index in [9.17, 15) is 4.79 Å². The topological polar surface area (TPSA) is 84.2 Å². The van der Waals surface area contributed by atoms with Gasteiger partial charge in [-0.1, -0.05) is 17.7 Å². The number of ether oxygens (including phenoxy) is 2. The van der Waals surface area contributed by atoms with E-state index in [1.165, 1.54) is 12.1 Å². The van der Waals surface area contributed by atoms with Crippen molar-refractivity contribution in [3.63, 3.8) is 0 Å². The highest BCUT2D eigenvalue weighted by atomic mass is 35.5. The number of nitrogens with zero attached hydrogens (tertiary/aromatic N) is 4. The maximum Gasteiger partial charge on any atom is 0.249 e. The van der Waals surface area contributed by atoms with E-state index in [1.54, 1.807) is 6.07 Å². The van der Waals surface area contributed by atoms with E-state index in [-0.39, 0.29) is 0 Å². The predicted molar refractivity (Wildman–Crippen MR) is 159 cm³/mol. The molecule has 40 heavy (non-hydrogen) atoms. The molecule has 2 fully saturated rings. The Morgan fingerprint density at radius 1 is 1.05 bits per heavy atom. The van der Waals surface area contributed by atoms with Crippen molar-refractivity contribution in [2.75, 3.05) is 77.6 Å².